The quantitative estimate of drug-likeness (QED) is 0.892. The maximum Gasteiger partial charge on any atom is 0.268 e. The van der Waals surface area contributed by atoms with E-state index in [1.54, 1.807) is 0 Å². The highest BCUT2D eigenvalue weighted by molar-refractivity contribution is 6.01. The number of anilines is 1. The predicted molar refractivity (Wildman–Crippen MR) is 70.2 cm³/mol. The second-order valence-electron chi connectivity index (χ2n) is 4.32. The molecule has 0 saturated carbocycles. The SMILES string of the molecule is CCOc1cccc2c1OC(CC)(CC)C(=O)N2. The fourth-order valence-corrected chi connectivity index (χ4v) is 2.18. The first-order chi connectivity index (χ1) is 8.66. The lowest BCUT2D eigenvalue weighted by Crippen LogP contribution is -2.50. The molecule has 1 heterocycles. The molecule has 1 aliphatic rings. The Labute approximate surface area is 107 Å². The van der Waals surface area contributed by atoms with Crippen LogP contribution in [-0.2, 0) is 4.79 Å². The van der Waals surface area contributed by atoms with Gasteiger partial charge in [0.2, 0.25) is 0 Å². The average Bonchev–Trinajstić information content (AvgIpc) is 2.39. The first kappa shape index (κ1) is 12.7. The van der Waals surface area contributed by atoms with Crippen molar-refractivity contribution in [2.24, 2.45) is 0 Å². The Morgan fingerprint density at radius 2 is 2.00 bits per heavy atom. The predicted octanol–water partition coefficient (Wildman–Crippen LogP) is 2.98. The molecule has 0 aromatic heterocycles. The summed E-state index contributed by atoms with van der Waals surface area (Å²) in [5.41, 5.74) is -0.0938. The molecule has 0 aliphatic carbocycles. The zero-order valence-electron chi connectivity index (χ0n) is 11.1. The number of carbonyl (C=O) groups excluding carboxylic acids is 1. The van der Waals surface area contributed by atoms with Crippen molar-refractivity contribution in [3.8, 4) is 11.5 Å². The van der Waals surface area contributed by atoms with E-state index < -0.39 is 5.60 Å². The molecule has 0 bridgehead atoms. The van der Waals surface area contributed by atoms with E-state index in [4.69, 9.17) is 9.47 Å². The van der Waals surface area contributed by atoms with Gasteiger partial charge in [0.15, 0.2) is 17.1 Å². The molecule has 1 aromatic rings. The van der Waals surface area contributed by atoms with Gasteiger partial charge in [0.1, 0.15) is 0 Å². The summed E-state index contributed by atoms with van der Waals surface area (Å²) >= 11 is 0. The van der Waals surface area contributed by atoms with Crippen LogP contribution in [0.25, 0.3) is 0 Å². The van der Waals surface area contributed by atoms with Gasteiger partial charge >= 0.3 is 0 Å². The molecule has 98 valence electrons. The van der Waals surface area contributed by atoms with Crippen molar-refractivity contribution in [1.82, 2.24) is 0 Å². The molecule has 1 amide bonds. The van der Waals surface area contributed by atoms with Crippen LogP contribution in [0.3, 0.4) is 0 Å². The van der Waals surface area contributed by atoms with Crippen LogP contribution in [0, 0.1) is 0 Å². The number of fused-ring (bicyclic) bond motifs is 1. The second-order valence-corrected chi connectivity index (χ2v) is 4.32. The molecule has 1 aromatic carbocycles. The highest BCUT2D eigenvalue weighted by Crippen LogP contribution is 2.43. The molecule has 2 rings (SSSR count). The van der Waals surface area contributed by atoms with Gasteiger partial charge in [-0.05, 0) is 31.9 Å². The lowest BCUT2D eigenvalue weighted by molar-refractivity contribution is -0.133. The van der Waals surface area contributed by atoms with Crippen LogP contribution in [0.1, 0.15) is 33.6 Å². The Kier molecular flexibility index (Phi) is 3.45. The van der Waals surface area contributed by atoms with E-state index in [1.807, 2.05) is 39.0 Å². The molecular weight excluding hydrogens is 230 g/mol. The summed E-state index contributed by atoms with van der Waals surface area (Å²) in [5, 5.41) is 2.91. The van der Waals surface area contributed by atoms with Crippen LogP contribution < -0.4 is 14.8 Å². The molecular formula is C14H19NO3. The van der Waals surface area contributed by atoms with E-state index in [0.717, 1.165) is 0 Å². The topological polar surface area (TPSA) is 47.6 Å². The number of carbonyl (C=O) groups is 1. The van der Waals surface area contributed by atoms with Gasteiger partial charge in [-0.1, -0.05) is 19.9 Å². The van der Waals surface area contributed by atoms with E-state index in [0.29, 0.717) is 36.6 Å². The number of ether oxygens (including phenoxy) is 2. The minimum Gasteiger partial charge on any atom is -0.490 e. The van der Waals surface area contributed by atoms with Crippen LogP contribution in [-0.4, -0.2) is 18.1 Å². The number of nitrogens with one attached hydrogen (secondary N) is 1. The van der Waals surface area contributed by atoms with Gasteiger partial charge in [-0.25, -0.2) is 0 Å². The molecule has 1 aliphatic heterocycles. The number of hydrogen-bond acceptors (Lipinski definition) is 3. The summed E-state index contributed by atoms with van der Waals surface area (Å²) in [5.74, 6) is 1.25. The Morgan fingerprint density at radius 1 is 1.28 bits per heavy atom. The first-order valence-corrected chi connectivity index (χ1v) is 6.43. The Morgan fingerprint density at radius 3 is 2.61 bits per heavy atom. The second kappa shape index (κ2) is 4.88. The number of para-hydroxylation sites is 1. The molecule has 0 fully saturated rings. The third kappa shape index (κ3) is 1.92. The molecule has 0 atom stereocenters. The van der Waals surface area contributed by atoms with Gasteiger partial charge in [0.05, 0.1) is 12.3 Å². The highest BCUT2D eigenvalue weighted by Gasteiger charge is 2.42. The van der Waals surface area contributed by atoms with E-state index in [9.17, 15) is 4.79 Å². The van der Waals surface area contributed by atoms with Gasteiger partial charge in [0.25, 0.3) is 5.91 Å². The summed E-state index contributed by atoms with van der Waals surface area (Å²) in [6.07, 6.45) is 1.27. The maximum atomic E-state index is 12.1. The van der Waals surface area contributed by atoms with E-state index >= 15 is 0 Å². The highest BCUT2D eigenvalue weighted by atomic mass is 16.5. The van der Waals surface area contributed by atoms with Gasteiger partial charge in [-0.15, -0.1) is 0 Å². The normalized spacial score (nSPS) is 16.5. The van der Waals surface area contributed by atoms with Crippen molar-refractivity contribution in [2.45, 2.75) is 39.2 Å². The molecule has 0 radical (unpaired) electrons. The minimum atomic E-state index is -0.778. The van der Waals surface area contributed by atoms with Crippen LogP contribution in [0.2, 0.25) is 0 Å². The van der Waals surface area contributed by atoms with Crippen LogP contribution in [0.15, 0.2) is 18.2 Å². The summed E-state index contributed by atoms with van der Waals surface area (Å²) in [6.45, 7) is 6.40. The molecule has 1 N–H and O–H groups in total. The third-order valence-corrected chi connectivity index (χ3v) is 3.38. The fraction of sp³-hybridized carbons (Fsp3) is 0.500. The van der Waals surface area contributed by atoms with Crippen LogP contribution in [0.4, 0.5) is 5.69 Å². The molecule has 0 spiro atoms. The first-order valence-electron chi connectivity index (χ1n) is 6.43. The monoisotopic (exact) mass is 249 g/mol. The smallest absolute Gasteiger partial charge is 0.268 e. The van der Waals surface area contributed by atoms with Gasteiger partial charge in [-0.3, -0.25) is 4.79 Å². The number of benzene rings is 1. The van der Waals surface area contributed by atoms with Crippen LogP contribution in [0.5, 0.6) is 11.5 Å². The zero-order chi connectivity index (χ0) is 13.2. The number of hydrogen-bond donors (Lipinski definition) is 1. The Hall–Kier alpha value is -1.71. The average molecular weight is 249 g/mol. The minimum absolute atomic E-state index is 0.0753. The number of rotatable bonds is 4. The molecule has 4 nitrogen and oxygen atoms in total. The van der Waals surface area contributed by atoms with Crippen molar-refractivity contribution in [3.05, 3.63) is 18.2 Å². The molecule has 0 unspecified atom stereocenters. The van der Waals surface area contributed by atoms with Crippen molar-refractivity contribution in [3.63, 3.8) is 0 Å². The van der Waals surface area contributed by atoms with Crippen molar-refractivity contribution in [2.75, 3.05) is 11.9 Å². The van der Waals surface area contributed by atoms with Crippen molar-refractivity contribution >= 4 is 11.6 Å². The fourth-order valence-electron chi connectivity index (χ4n) is 2.18. The van der Waals surface area contributed by atoms with Crippen LogP contribution >= 0.6 is 0 Å². The zero-order valence-corrected chi connectivity index (χ0v) is 11.1. The maximum absolute atomic E-state index is 12.1. The van der Waals surface area contributed by atoms with Crippen molar-refractivity contribution < 1.29 is 14.3 Å². The molecule has 0 saturated heterocycles. The van der Waals surface area contributed by atoms with E-state index in [-0.39, 0.29) is 5.91 Å². The van der Waals surface area contributed by atoms with E-state index in [2.05, 4.69) is 5.32 Å². The largest absolute Gasteiger partial charge is 0.490 e. The molecule has 18 heavy (non-hydrogen) atoms. The lowest BCUT2D eigenvalue weighted by atomic mass is 9.94. The Bertz CT molecular complexity index is 452. The summed E-state index contributed by atoms with van der Waals surface area (Å²) in [4.78, 5) is 12.1. The standard InChI is InChI=1S/C14H19NO3/c1-4-14(5-2)13(16)15-10-8-7-9-11(17-6-3)12(10)18-14/h7-9H,4-6H2,1-3H3,(H,15,16). The third-order valence-electron chi connectivity index (χ3n) is 3.38. The van der Waals surface area contributed by atoms with E-state index in [1.165, 1.54) is 0 Å². The summed E-state index contributed by atoms with van der Waals surface area (Å²) < 4.78 is 11.5. The summed E-state index contributed by atoms with van der Waals surface area (Å²) in [7, 11) is 0. The molecule has 4 heteroatoms. The summed E-state index contributed by atoms with van der Waals surface area (Å²) in [6, 6.07) is 5.53. The van der Waals surface area contributed by atoms with Crippen molar-refractivity contribution in [1.29, 1.82) is 0 Å². The number of amides is 1. The van der Waals surface area contributed by atoms with Gasteiger partial charge in [0, 0.05) is 0 Å². The van der Waals surface area contributed by atoms with Gasteiger partial charge < -0.3 is 14.8 Å². The Balaban J connectivity index is 2.44. The van der Waals surface area contributed by atoms with Gasteiger partial charge in [-0.2, -0.15) is 0 Å². The lowest BCUT2D eigenvalue weighted by Gasteiger charge is -2.36.